The Balaban J connectivity index is 1.98. The lowest BCUT2D eigenvalue weighted by Crippen LogP contribution is -2.36. The van der Waals surface area contributed by atoms with Crippen LogP contribution in [0, 0.1) is 6.92 Å². The van der Waals surface area contributed by atoms with Crippen molar-refractivity contribution >= 4 is 43.5 Å². The zero-order chi connectivity index (χ0) is 15.0. The van der Waals surface area contributed by atoms with Gasteiger partial charge in [0.05, 0.1) is 12.6 Å². The molecule has 0 radical (unpaired) electrons. The summed E-state index contributed by atoms with van der Waals surface area (Å²) in [6.07, 6.45) is 0. The van der Waals surface area contributed by atoms with Crippen LogP contribution in [0.5, 0.6) is 0 Å². The first-order chi connectivity index (χ1) is 10.1. The van der Waals surface area contributed by atoms with Gasteiger partial charge in [-0.2, -0.15) is 0 Å². The van der Waals surface area contributed by atoms with Crippen molar-refractivity contribution in [2.24, 2.45) is 10.7 Å². The summed E-state index contributed by atoms with van der Waals surface area (Å²) < 4.78 is 2.16. The molecule has 108 valence electrons. The van der Waals surface area contributed by atoms with E-state index in [0.29, 0.717) is 12.5 Å². The van der Waals surface area contributed by atoms with E-state index in [1.165, 1.54) is 11.1 Å². The maximum atomic E-state index is 6.10. The fraction of sp³-hybridized carbons (Fsp3) is 0.188. The second kappa shape index (κ2) is 5.81. The first-order valence-electron chi connectivity index (χ1n) is 6.67. The molecule has 0 aliphatic carbocycles. The minimum Gasteiger partial charge on any atom is -0.369 e. The van der Waals surface area contributed by atoms with Crippen molar-refractivity contribution in [3.63, 3.8) is 0 Å². The normalized spacial score (nSPS) is 18.0. The third-order valence-electron chi connectivity index (χ3n) is 3.67. The van der Waals surface area contributed by atoms with Crippen molar-refractivity contribution in [1.82, 2.24) is 0 Å². The average molecular weight is 409 g/mol. The minimum atomic E-state index is 0.142. The van der Waals surface area contributed by atoms with Crippen LogP contribution in [0.25, 0.3) is 0 Å². The monoisotopic (exact) mass is 407 g/mol. The summed E-state index contributed by atoms with van der Waals surface area (Å²) in [6.45, 7) is 2.76. The highest BCUT2D eigenvalue weighted by atomic mass is 79.9. The first-order valence-corrected chi connectivity index (χ1v) is 8.25. The second-order valence-electron chi connectivity index (χ2n) is 5.07. The van der Waals surface area contributed by atoms with Crippen LogP contribution in [0.3, 0.4) is 0 Å². The third-order valence-corrected chi connectivity index (χ3v) is 5.05. The number of hydrogen-bond acceptors (Lipinski definition) is 3. The van der Waals surface area contributed by atoms with Crippen LogP contribution in [0.15, 0.2) is 56.4 Å². The predicted molar refractivity (Wildman–Crippen MR) is 94.7 cm³/mol. The smallest absolute Gasteiger partial charge is 0.196 e. The Hall–Kier alpha value is -1.33. The Morgan fingerprint density at radius 1 is 1.14 bits per heavy atom. The lowest BCUT2D eigenvalue weighted by atomic mass is 10.0. The van der Waals surface area contributed by atoms with Gasteiger partial charge < -0.3 is 10.6 Å². The number of guanidine groups is 1. The lowest BCUT2D eigenvalue weighted by molar-refractivity contribution is 0.767. The molecular weight excluding hydrogens is 394 g/mol. The number of benzene rings is 2. The molecule has 0 amide bonds. The summed E-state index contributed by atoms with van der Waals surface area (Å²) in [5.74, 6) is 0.569. The molecule has 1 unspecified atom stereocenters. The molecule has 2 N–H and O–H groups in total. The molecular formula is C16H15Br2N3. The maximum absolute atomic E-state index is 6.10. The number of rotatable bonds is 2. The van der Waals surface area contributed by atoms with Gasteiger partial charge in [-0.3, -0.25) is 4.99 Å². The van der Waals surface area contributed by atoms with Gasteiger partial charge in [0, 0.05) is 14.6 Å². The van der Waals surface area contributed by atoms with Crippen molar-refractivity contribution in [3.8, 4) is 0 Å². The molecule has 1 aliphatic heterocycles. The van der Waals surface area contributed by atoms with Crippen LogP contribution < -0.4 is 10.6 Å². The van der Waals surface area contributed by atoms with Crippen molar-refractivity contribution in [1.29, 1.82) is 0 Å². The van der Waals surface area contributed by atoms with Crippen LogP contribution in [-0.2, 0) is 0 Å². The van der Waals surface area contributed by atoms with Gasteiger partial charge in [0.2, 0.25) is 0 Å². The van der Waals surface area contributed by atoms with Gasteiger partial charge in [0.1, 0.15) is 0 Å². The quantitative estimate of drug-likeness (QED) is 0.800. The van der Waals surface area contributed by atoms with Gasteiger partial charge in [-0.05, 0) is 48.4 Å². The summed E-state index contributed by atoms with van der Waals surface area (Å²) in [4.78, 5) is 6.51. The number of halogens is 2. The fourth-order valence-electron chi connectivity index (χ4n) is 2.48. The molecule has 2 aromatic carbocycles. The molecule has 1 heterocycles. The Morgan fingerprint density at radius 2 is 1.86 bits per heavy atom. The van der Waals surface area contributed by atoms with Crippen molar-refractivity contribution < 1.29 is 0 Å². The molecule has 2 aromatic rings. The van der Waals surface area contributed by atoms with Gasteiger partial charge >= 0.3 is 0 Å². The molecule has 0 saturated carbocycles. The summed E-state index contributed by atoms with van der Waals surface area (Å²) in [6, 6.07) is 14.7. The van der Waals surface area contributed by atoms with Crippen molar-refractivity contribution in [2.45, 2.75) is 13.0 Å². The van der Waals surface area contributed by atoms with Gasteiger partial charge in [-0.25, -0.2) is 0 Å². The molecule has 0 fully saturated rings. The zero-order valence-corrected chi connectivity index (χ0v) is 14.7. The third kappa shape index (κ3) is 2.85. The minimum absolute atomic E-state index is 0.142. The van der Waals surface area contributed by atoms with Crippen LogP contribution in [0.4, 0.5) is 5.69 Å². The SMILES string of the molecule is Cc1ccc(C2CN=C(N)N2c2ccc(Br)cc2)cc1Br. The van der Waals surface area contributed by atoms with E-state index in [0.717, 1.165) is 14.6 Å². The fourth-order valence-corrected chi connectivity index (χ4v) is 3.14. The topological polar surface area (TPSA) is 41.6 Å². The number of anilines is 1. The summed E-state index contributed by atoms with van der Waals surface area (Å²) in [5, 5.41) is 0. The second-order valence-corrected chi connectivity index (χ2v) is 6.84. The largest absolute Gasteiger partial charge is 0.369 e. The van der Waals surface area contributed by atoms with E-state index in [4.69, 9.17) is 5.73 Å². The van der Waals surface area contributed by atoms with E-state index in [1.807, 2.05) is 24.3 Å². The number of aliphatic imine (C=N–C) groups is 1. The summed E-state index contributed by atoms with van der Waals surface area (Å²) >= 11 is 7.06. The number of aryl methyl sites for hydroxylation is 1. The molecule has 3 nitrogen and oxygen atoms in total. The maximum Gasteiger partial charge on any atom is 0.196 e. The standard InChI is InChI=1S/C16H15Br2N3/c1-10-2-3-11(8-14(10)18)15-9-20-16(19)21(15)13-6-4-12(17)5-7-13/h2-8,15H,9H2,1H3,(H2,19,20). The summed E-state index contributed by atoms with van der Waals surface area (Å²) in [5.41, 5.74) is 9.58. The number of nitrogens with zero attached hydrogens (tertiary/aromatic N) is 2. The highest BCUT2D eigenvalue weighted by molar-refractivity contribution is 9.10. The van der Waals surface area contributed by atoms with Crippen LogP contribution in [-0.4, -0.2) is 12.5 Å². The van der Waals surface area contributed by atoms with E-state index in [-0.39, 0.29) is 6.04 Å². The van der Waals surface area contributed by atoms with E-state index >= 15 is 0 Å². The molecule has 0 saturated heterocycles. The van der Waals surface area contributed by atoms with Crippen molar-refractivity contribution in [2.75, 3.05) is 11.4 Å². The zero-order valence-electron chi connectivity index (χ0n) is 11.6. The van der Waals surface area contributed by atoms with Crippen molar-refractivity contribution in [3.05, 3.63) is 62.5 Å². The molecule has 3 rings (SSSR count). The first kappa shape index (κ1) is 14.6. The van der Waals surface area contributed by atoms with Crippen LogP contribution >= 0.6 is 31.9 Å². The molecule has 21 heavy (non-hydrogen) atoms. The molecule has 0 spiro atoms. The average Bonchev–Trinajstić information content (AvgIpc) is 2.85. The van der Waals surface area contributed by atoms with Gasteiger partial charge in [-0.1, -0.05) is 44.0 Å². The molecule has 0 aromatic heterocycles. The highest BCUT2D eigenvalue weighted by Gasteiger charge is 2.28. The predicted octanol–water partition coefficient (Wildman–Crippen LogP) is 4.40. The Kier molecular flexibility index (Phi) is 4.04. The Labute approximate surface area is 141 Å². The van der Waals surface area contributed by atoms with E-state index in [2.05, 4.69) is 66.9 Å². The lowest BCUT2D eigenvalue weighted by Gasteiger charge is -2.27. The summed E-state index contributed by atoms with van der Waals surface area (Å²) in [7, 11) is 0. The van der Waals surface area contributed by atoms with E-state index in [9.17, 15) is 0 Å². The molecule has 0 bridgehead atoms. The number of nitrogens with two attached hydrogens (primary N) is 1. The highest BCUT2D eigenvalue weighted by Crippen LogP contribution is 2.33. The Morgan fingerprint density at radius 3 is 2.52 bits per heavy atom. The van der Waals surface area contributed by atoms with Gasteiger partial charge in [0.25, 0.3) is 0 Å². The van der Waals surface area contributed by atoms with Crippen LogP contribution in [0.1, 0.15) is 17.2 Å². The molecule has 1 atom stereocenters. The van der Waals surface area contributed by atoms with Gasteiger partial charge in [-0.15, -0.1) is 0 Å². The van der Waals surface area contributed by atoms with E-state index in [1.54, 1.807) is 0 Å². The Bertz CT molecular complexity index is 695. The molecule has 1 aliphatic rings. The van der Waals surface area contributed by atoms with Crippen LogP contribution in [0.2, 0.25) is 0 Å². The van der Waals surface area contributed by atoms with E-state index < -0.39 is 0 Å². The van der Waals surface area contributed by atoms with Gasteiger partial charge in [0.15, 0.2) is 5.96 Å². The molecule has 5 heteroatoms. The number of hydrogen-bond donors (Lipinski definition) is 1.